The van der Waals surface area contributed by atoms with E-state index in [9.17, 15) is 18.4 Å². The fourth-order valence-corrected chi connectivity index (χ4v) is 1.76. The van der Waals surface area contributed by atoms with Gasteiger partial charge in [0.15, 0.2) is 0 Å². The van der Waals surface area contributed by atoms with Gasteiger partial charge >= 0.3 is 18.6 Å². The van der Waals surface area contributed by atoms with Crippen LogP contribution in [0.25, 0.3) is 0 Å². The number of carbonyl (C=O) groups excluding carboxylic acids is 1. The Kier molecular flexibility index (Phi) is 4.02. The van der Waals surface area contributed by atoms with E-state index in [4.69, 9.17) is 5.11 Å². The van der Waals surface area contributed by atoms with Crippen molar-refractivity contribution >= 4 is 17.7 Å². The van der Waals surface area contributed by atoms with Gasteiger partial charge in [-0.05, 0) is 12.1 Å². The minimum atomic E-state index is -2.99. The summed E-state index contributed by atoms with van der Waals surface area (Å²) in [7, 11) is 0. The van der Waals surface area contributed by atoms with Crippen molar-refractivity contribution in [3.8, 4) is 5.75 Å². The molecule has 1 aliphatic rings. The first-order chi connectivity index (χ1) is 9.47. The highest BCUT2D eigenvalue weighted by atomic mass is 19.3. The molecule has 6 nitrogen and oxygen atoms in total. The Hall–Kier alpha value is -2.38. The SMILES string of the molecule is O=C(O)C1CN(C(=O)Nc2ccccc2OC(F)F)C1. The van der Waals surface area contributed by atoms with Gasteiger partial charge in [0.25, 0.3) is 0 Å². The van der Waals surface area contributed by atoms with Gasteiger partial charge in [0, 0.05) is 13.1 Å². The molecule has 8 heteroatoms. The zero-order chi connectivity index (χ0) is 14.7. The zero-order valence-electron chi connectivity index (χ0n) is 10.3. The molecule has 0 unspecified atom stereocenters. The Morgan fingerprint density at radius 1 is 1.35 bits per heavy atom. The molecule has 0 radical (unpaired) electrons. The number of para-hydroxylation sites is 2. The standard InChI is InChI=1S/C12H12F2N2O4/c13-11(14)20-9-4-2-1-3-8(9)15-12(19)16-5-7(6-16)10(17)18/h1-4,7,11H,5-6H2,(H,15,19)(H,17,18). The molecule has 20 heavy (non-hydrogen) atoms. The van der Waals surface area contributed by atoms with Gasteiger partial charge < -0.3 is 20.1 Å². The number of hydrogen-bond acceptors (Lipinski definition) is 3. The monoisotopic (exact) mass is 286 g/mol. The lowest BCUT2D eigenvalue weighted by Gasteiger charge is -2.36. The number of nitrogens with one attached hydrogen (secondary N) is 1. The van der Waals surface area contributed by atoms with Crippen molar-refractivity contribution in [1.82, 2.24) is 4.90 Å². The number of rotatable bonds is 4. The molecule has 0 aliphatic carbocycles. The van der Waals surface area contributed by atoms with Gasteiger partial charge in [0.1, 0.15) is 5.75 Å². The summed E-state index contributed by atoms with van der Waals surface area (Å²) in [6, 6.07) is 5.23. The first-order valence-corrected chi connectivity index (χ1v) is 5.80. The molecular formula is C12H12F2N2O4. The summed E-state index contributed by atoms with van der Waals surface area (Å²) in [5, 5.41) is 11.1. The number of alkyl halides is 2. The van der Waals surface area contributed by atoms with Crippen molar-refractivity contribution in [2.45, 2.75) is 6.61 Å². The van der Waals surface area contributed by atoms with E-state index in [-0.39, 0.29) is 24.5 Å². The lowest BCUT2D eigenvalue weighted by Crippen LogP contribution is -2.54. The third-order valence-electron chi connectivity index (χ3n) is 2.86. The average Bonchev–Trinajstić information content (AvgIpc) is 2.28. The van der Waals surface area contributed by atoms with Crippen molar-refractivity contribution in [2.75, 3.05) is 18.4 Å². The first kappa shape index (κ1) is 14.0. The van der Waals surface area contributed by atoms with Crippen molar-refractivity contribution < 1.29 is 28.2 Å². The summed E-state index contributed by atoms with van der Waals surface area (Å²) in [6.07, 6.45) is 0. The molecule has 0 saturated carbocycles. The topological polar surface area (TPSA) is 78.9 Å². The van der Waals surface area contributed by atoms with Crippen molar-refractivity contribution in [3.05, 3.63) is 24.3 Å². The Morgan fingerprint density at radius 3 is 2.60 bits per heavy atom. The molecule has 1 aromatic rings. The number of urea groups is 1. The highest BCUT2D eigenvalue weighted by Crippen LogP contribution is 2.26. The molecule has 0 bridgehead atoms. The van der Waals surface area contributed by atoms with E-state index in [1.54, 1.807) is 6.07 Å². The van der Waals surface area contributed by atoms with Crippen LogP contribution in [0.3, 0.4) is 0 Å². The van der Waals surface area contributed by atoms with Gasteiger partial charge in [-0.2, -0.15) is 8.78 Å². The number of likely N-dealkylation sites (tertiary alicyclic amines) is 1. The van der Waals surface area contributed by atoms with Crippen LogP contribution >= 0.6 is 0 Å². The third kappa shape index (κ3) is 3.14. The van der Waals surface area contributed by atoms with E-state index < -0.39 is 24.5 Å². The van der Waals surface area contributed by atoms with E-state index in [1.807, 2.05) is 0 Å². The van der Waals surface area contributed by atoms with Crippen LogP contribution in [0.15, 0.2) is 24.3 Å². The number of anilines is 1. The van der Waals surface area contributed by atoms with Gasteiger partial charge in [0.05, 0.1) is 11.6 Å². The molecule has 1 fully saturated rings. The Labute approximate surface area is 112 Å². The highest BCUT2D eigenvalue weighted by Gasteiger charge is 2.35. The number of hydrogen-bond donors (Lipinski definition) is 2. The Bertz CT molecular complexity index is 518. The fourth-order valence-electron chi connectivity index (χ4n) is 1.76. The number of nitrogens with zero attached hydrogens (tertiary/aromatic N) is 1. The number of carboxylic acid groups (broad SMARTS) is 1. The third-order valence-corrected chi connectivity index (χ3v) is 2.86. The molecule has 1 saturated heterocycles. The van der Waals surface area contributed by atoms with E-state index in [0.717, 1.165) is 0 Å². The van der Waals surface area contributed by atoms with Gasteiger partial charge in [-0.25, -0.2) is 4.79 Å². The molecule has 2 rings (SSSR count). The number of carbonyl (C=O) groups is 2. The van der Waals surface area contributed by atoms with Crippen LogP contribution in [0.4, 0.5) is 19.3 Å². The first-order valence-electron chi connectivity index (χ1n) is 5.80. The fraction of sp³-hybridized carbons (Fsp3) is 0.333. The molecule has 2 N–H and O–H groups in total. The second-order valence-corrected chi connectivity index (χ2v) is 4.24. The van der Waals surface area contributed by atoms with Crippen LogP contribution in [0.2, 0.25) is 0 Å². The van der Waals surface area contributed by atoms with Crippen LogP contribution in [0.1, 0.15) is 0 Å². The summed E-state index contributed by atoms with van der Waals surface area (Å²) in [6.45, 7) is -2.80. The van der Waals surface area contributed by atoms with Crippen LogP contribution in [-0.2, 0) is 4.79 Å². The maximum atomic E-state index is 12.2. The average molecular weight is 286 g/mol. The molecule has 0 atom stereocenters. The maximum absolute atomic E-state index is 12.2. The number of aliphatic carboxylic acids is 1. The van der Waals surface area contributed by atoms with E-state index in [2.05, 4.69) is 10.1 Å². The number of benzene rings is 1. The van der Waals surface area contributed by atoms with E-state index in [0.29, 0.717) is 0 Å². The lowest BCUT2D eigenvalue weighted by atomic mass is 10.0. The van der Waals surface area contributed by atoms with E-state index >= 15 is 0 Å². The smallest absolute Gasteiger partial charge is 0.387 e. The number of amides is 2. The molecule has 1 aliphatic heterocycles. The normalized spacial score (nSPS) is 14.8. The zero-order valence-corrected chi connectivity index (χ0v) is 10.3. The van der Waals surface area contributed by atoms with Crippen molar-refractivity contribution in [3.63, 3.8) is 0 Å². The van der Waals surface area contributed by atoms with Gasteiger partial charge in [0.2, 0.25) is 0 Å². The molecule has 1 aromatic carbocycles. The molecule has 0 spiro atoms. The van der Waals surface area contributed by atoms with Crippen LogP contribution in [0, 0.1) is 5.92 Å². The van der Waals surface area contributed by atoms with Crippen molar-refractivity contribution in [1.29, 1.82) is 0 Å². The summed E-state index contributed by atoms with van der Waals surface area (Å²) < 4.78 is 28.7. The van der Waals surface area contributed by atoms with Crippen LogP contribution < -0.4 is 10.1 Å². The Morgan fingerprint density at radius 2 is 2.00 bits per heavy atom. The molecule has 108 valence electrons. The van der Waals surface area contributed by atoms with Crippen LogP contribution in [0.5, 0.6) is 5.75 Å². The minimum absolute atomic E-state index is 0.0963. The summed E-state index contributed by atoms with van der Waals surface area (Å²) in [4.78, 5) is 23.7. The molecule has 2 amide bonds. The minimum Gasteiger partial charge on any atom is -0.481 e. The maximum Gasteiger partial charge on any atom is 0.387 e. The predicted octanol–water partition coefficient (Wildman–Crippen LogP) is 1.84. The van der Waals surface area contributed by atoms with Crippen molar-refractivity contribution in [2.24, 2.45) is 5.92 Å². The lowest BCUT2D eigenvalue weighted by molar-refractivity contribution is -0.145. The van der Waals surface area contributed by atoms with Gasteiger partial charge in [-0.3, -0.25) is 4.79 Å². The molecular weight excluding hydrogens is 274 g/mol. The highest BCUT2D eigenvalue weighted by molar-refractivity contribution is 5.92. The predicted molar refractivity (Wildman–Crippen MR) is 64.8 cm³/mol. The summed E-state index contributed by atoms with van der Waals surface area (Å²) >= 11 is 0. The van der Waals surface area contributed by atoms with Crippen LogP contribution in [-0.4, -0.2) is 41.7 Å². The summed E-state index contributed by atoms with van der Waals surface area (Å²) in [5.41, 5.74) is 0.108. The van der Waals surface area contributed by atoms with E-state index in [1.165, 1.54) is 23.1 Å². The quantitative estimate of drug-likeness (QED) is 0.885. The second-order valence-electron chi connectivity index (χ2n) is 4.24. The Balaban J connectivity index is 1.97. The summed E-state index contributed by atoms with van der Waals surface area (Å²) in [5.74, 6) is -1.69. The number of carboxylic acids is 1. The van der Waals surface area contributed by atoms with Gasteiger partial charge in [-0.1, -0.05) is 12.1 Å². The second kappa shape index (κ2) is 5.72. The number of ether oxygens (including phenoxy) is 1. The number of halogens is 2. The largest absolute Gasteiger partial charge is 0.481 e. The van der Waals surface area contributed by atoms with Gasteiger partial charge in [-0.15, -0.1) is 0 Å². The molecule has 1 heterocycles. The molecule has 0 aromatic heterocycles.